The van der Waals surface area contributed by atoms with E-state index in [2.05, 4.69) is 48.7 Å². The van der Waals surface area contributed by atoms with Crippen molar-refractivity contribution in [2.75, 3.05) is 11.9 Å². The van der Waals surface area contributed by atoms with Crippen LogP contribution in [0.15, 0.2) is 12.4 Å². The summed E-state index contributed by atoms with van der Waals surface area (Å²) in [5, 5.41) is 5.31. The maximum atomic E-state index is 5.98. The Labute approximate surface area is 125 Å². The van der Waals surface area contributed by atoms with Crippen LogP contribution in [0, 0.1) is 5.41 Å². The molecule has 1 heterocycles. The quantitative estimate of drug-likeness (QED) is 0.606. The topological polar surface area (TPSA) is 27.1 Å². The summed E-state index contributed by atoms with van der Waals surface area (Å²) in [6, 6.07) is 0.379. The summed E-state index contributed by atoms with van der Waals surface area (Å²) in [7, 11) is 0. The summed E-state index contributed by atoms with van der Waals surface area (Å²) in [5.41, 5.74) is 0.253. The number of aromatic nitrogens is 2. The molecule has 1 aromatic rings. The predicted molar refractivity (Wildman–Crippen MR) is 84.2 cm³/mol. The minimum absolute atomic E-state index is 0.253. The minimum atomic E-state index is 0.253. The Morgan fingerprint density at radius 3 is 2.37 bits per heavy atom. The maximum absolute atomic E-state index is 5.98. The average Bonchev–Trinajstić information content (AvgIpc) is 2.85. The number of halogens is 1. The second-order valence-corrected chi connectivity index (χ2v) is 6.23. The fourth-order valence-electron chi connectivity index (χ4n) is 2.42. The Morgan fingerprint density at radius 1 is 1.32 bits per heavy atom. The lowest BCUT2D eigenvalue weighted by molar-refractivity contribution is 0.144. The van der Waals surface area contributed by atoms with Gasteiger partial charge in [-0.25, -0.2) is 0 Å². The van der Waals surface area contributed by atoms with Gasteiger partial charge in [0.25, 0.3) is 0 Å². The van der Waals surface area contributed by atoms with Gasteiger partial charge in [-0.2, -0.15) is 5.10 Å². The van der Waals surface area contributed by atoms with Gasteiger partial charge in [0.05, 0.1) is 19.0 Å². The molecule has 0 saturated carbocycles. The molecule has 4 heteroatoms. The lowest BCUT2D eigenvalue weighted by Crippen LogP contribution is -2.30. The van der Waals surface area contributed by atoms with E-state index in [0.29, 0.717) is 6.04 Å². The zero-order chi connectivity index (χ0) is 14.3. The maximum Gasteiger partial charge on any atom is 0.157 e. The van der Waals surface area contributed by atoms with E-state index in [4.69, 9.17) is 4.74 Å². The zero-order valence-electron chi connectivity index (χ0n) is 12.7. The standard InChI is InChI=1S/C15H27BrN2O/c1-5-7-15(11-16,8-6-2)12-19-14-9-17-18(10-14)13(3)4/h9-10,13H,5-8,11-12H2,1-4H3. The lowest BCUT2D eigenvalue weighted by atomic mass is 9.82. The van der Waals surface area contributed by atoms with Gasteiger partial charge in [-0.05, 0) is 26.7 Å². The van der Waals surface area contributed by atoms with Crippen LogP contribution in [0.1, 0.15) is 59.4 Å². The smallest absolute Gasteiger partial charge is 0.157 e. The summed E-state index contributed by atoms with van der Waals surface area (Å²) in [5.74, 6) is 0.881. The van der Waals surface area contributed by atoms with Crippen molar-refractivity contribution in [3.05, 3.63) is 12.4 Å². The van der Waals surface area contributed by atoms with Gasteiger partial charge in [0.15, 0.2) is 5.75 Å². The summed E-state index contributed by atoms with van der Waals surface area (Å²) in [4.78, 5) is 0. The van der Waals surface area contributed by atoms with E-state index in [9.17, 15) is 0 Å². The molecule has 110 valence electrons. The molecule has 0 radical (unpaired) electrons. The van der Waals surface area contributed by atoms with Crippen molar-refractivity contribution < 1.29 is 4.74 Å². The van der Waals surface area contributed by atoms with E-state index in [0.717, 1.165) is 17.7 Å². The molecule has 0 saturated heterocycles. The van der Waals surface area contributed by atoms with Gasteiger partial charge in [-0.1, -0.05) is 42.6 Å². The van der Waals surface area contributed by atoms with Gasteiger partial charge >= 0.3 is 0 Å². The average molecular weight is 331 g/mol. The van der Waals surface area contributed by atoms with Gasteiger partial charge in [0.2, 0.25) is 0 Å². The van der Waals surface area contributed by atoms with Crippen LogP contribution >= 0.6 is 15.9 Å². The summed E-state index contributed by atoms with van der Waals surface area (Å²) in [6.07, 6.45) is 8.59. The van der Waals surface area contributed by atoms with Crippen LogP contribution in [-0.2, 0) is 0 Å². The Kier molecular flexibility index (Phi) is 6.90. The molecular weight excluding hydrogens is 304 g/mol. The lowest BCUT2D eigenvalue weighted by Gasteiger charge is -2.31. The molecule has 0 spiro atoms. The highest BCUT2D eigenvalue weighted by atomic mass is 79.9. The highest BCUT2D eigenvalue weighted by molar-refractivity contribution is 9.09. The van der Waals surface area contributed by atoms with Crippen LogP contribution in [0.4, 0.5) is 0 Å². The normalized spacial score (nSPS) is 12.1. The van der Waals surface area contributed by atoms with E-state index < -0.39 is 0 Å². The molecule has 0 aromatic carbocycles. The monoisotopic (exact) mass is 330 g/mol. The van der Waals surface area contributed by atoms with Crippen LogP contribution in [0.3, 0.4) is 0 Å². The van der Waals surface area contributed by atoms with Crippen molar-refractivity contribution in [1.82, 2.24) is 9.78 Å². The van der Waals surface area contributed by atoms with E-state index in [1.807, 2.05) is 17.1 Å². The Hall–Kier alpha value is -0.510. The number of hydrogen-bond acceptors (Lipinski definition) is 2. The molecule has 0 unspecified atom stereocenters. The van der Waals surface area contributed by atoms with Crippen molar-refractivity contribution in [2.24, 2.45) is 5.41 Å². The third kappa shape index (κ3) is 4.83. The molecular formula is C15H27BrN2O. The number of nitrogens with zero attached hydrogens (tertiary/aromatic N) is 2. The van der Waals surface area contributed by atoms with E-state index in [1.165, 1.54) is 25.7 Å². The second-order valence-electron chi connectivity index (χ2n) is 5.67. The third-order valence-corrected chi connectivity index (χ3v) is 4.69. The van der Waals surface area contributed by atoms with Crippen LogP contribution < -0.4 is 4.74 Å². The Morgan fingerprint density at radius 2 is 1.95 bits per heavy atom. The van der Waals surface area contributed by atoms with Gasteiger partial charge in [-0.3, -0.25) is 4.68 Å². The van der Waals surface area contributed by atoms with Crippen LogP contribution in [0.2, 0.25) is 0 Å². The number of alkyl halides is 1. The molecule has 0 bridgehead atoms. The first-order valence-electron chi connectivity index (χ1n) is 7.30. The SMILES string of the molecule is CCCC(CBr)(CCC)COc1cnn(C(C)C)c1. The predicted octanol–water partition coefficient (Wildman–Crippen LogP) is 4.82. The van der Waals surface area contributed by atoms with Crippen molar-refractivity contribution in [2.45, 2.75) is 59.4 Å². The minimum Gasteiger partial charge on any atom is -0.490 e. The number of rotatable bonds is 9. The molecule has 0 amide bonds. The summed E-state index contributed by atoms with van der Waals surface area (Å²) < 4.78 is 7.92. The van der Waals surface area contributed by atoms with Crippen LogP contribution in [-0.4, -0.2) is 21.7 Å². The molecule has 0 atom stereocenters. The second kappa shape index (κ2) is 7.93. The first-order chi connectivity index (χ1) is 9.06. The van der Waals surface area contributed by atoms with Gasteiger partial charge in [0.1, 0.15) is 0 Å². The molecule has 0 aliphatic rings. The first kappa shape index (κ1) is 16.5. The van der Waals surface area contributed by atoms with Gasteiger partial charge < -0.3 is 4.74 Å². The first-order valence-corrected chi connectivity index (χ1v) is 8.42. The Balaban J connectivity index is 2.63. The van der Waals surface area contributed by atoms with E-state index in [-0.39, 0.29) is 5.41 Å². The summed E-state index contributed by atoms with van der Waals surface area (Å²) in [6.45, 7) is 9.49. The highest BCUT2D eigenvalue weighted by Crippen LogP contribution is 2.33. The largest absolute Gasteiger partial charge is 0.490 e. The number of hydrogen-bond donors (Lipinski definition) is 0. The molecule has 3 nitrogen and oxygen atoms in total. The zero-order valence-corrected chi connectivity index (χ0v) is 14.2. The highest BCUT2D eigenvalue weighted by Gasteiger charge is 2.28. The van der Waals surface area contributed by atoms with E-state index in [1.54, 1.807) is 0 Å². The molecule has 1 aromatic heterocycles. The van der Waals surface area contributed by atoms with Crippen molar-refractivity contribution >= 4 is 15.9 Å². The van der Waals surface area contributed by atoms with Crippen molar-refractivity contribution in [3.63, 3.8) is 0 Å². The fraction of sp³-hybridized carbons (Fsp3) is 0.800. The third-order valence-electron chi connectivity index (χ3n) is 3.50. The van der Waals surface area contributed by atoms with Crippen molar-refractivity contribution in [3.8, 4) is 5.75 Å². The summed E-state index contributed by atoms with van der Waals surface area (Å²) >= 11 is 3.68. The van der Waals surface area contributed by atoms with Gasteiger partial charge in [0, 0.05) is 16.8 Å². The molecule has 1 rings (SSSR count). The number of ether oxygens (including phenoxy) is 1. The molecule has 0 N–H and O–H groups in total. The van der Waals surface area contributed by atoms with Gasteiger partial charge in [-0.15, -0.1) is 0 Å². The molecule has 0 aliphatic heterocycles. The Bertz CT molecular complexity index is 357. The fourth-order valence-corrected chi connectivity index (χ4v) is 3.14. The van der Waals surface area contributed by atoms with Crippen LogP contribution in [0.5, 0.6) is 5.75 Å². The molecule has 19 heavy (non-hydrogen) atoms. The van der Waals surface area contributed by atoms with Crippen LogP contribution in [0.25, 0.3) is 0 Å². The molecule has 0 aliphatic carbocycles. The van der Waals surface area contributed by atoms with E-state index >= 15 is 0 Å². The van der Waals surface area contributed by atoms with Crippen molar-refractivity contribution in [1.29, 1.82) is 0 Å². The molecule has 0 fully saturated rings.